The number of anilines is 2. The minimum Gasteiger partial charge on any atom is -0.437 e. The summed E-state index contributed by atoms with van der Waals surface area (Å²) in [5, 5.41) is 10.6. The molecule has 156 valence electrons. The molecular weight excluding hydrogens is 404 g/mol. The lowest BCUT2D eigenvalue weighted by Gasteiger charge is -2.08. The molecule has 4 N–H and O–H groups in total. The summed E-state index contributed by atoms with van der Waals surface area (Å²) in [6.45, 7) is 0. The van der Waals surface area contributed by atoms with Crippen molar-refractivity contribution in [3.8, 4) is 22.8 Å². The van der Waals surface area contributed by atoms with Crippen molar-refractivity contribution < 1.29 is 9.53 Å². The Kier molecular flexibility index (Phi) is 4.93. The Bertz CT molecular complexity index is 1400. The van der Waals surface area contributed by atoms with E-state index in [9.17, 15) is 4.79 Å². The minimum atomic E-state index is -0.345. The quantitative estimate of drug-likeness (QED) is 0.355. The molecule has 5 aromatic rings. The summed E-state index contributed by atoms with van der Waals surface area (Å²) in [4.78, 5) is 21.3. The molecular formula is C24H18N6O2. The molecule has 8 heteroatoms. The van der Waals surface area contributed by atoms with Crippen molar-refractivity contribution >= 4 is 28.2 Å². The van der Waals surface area contributed by atoms with Crippen LogP contribution in [0, 0.1) is 0 Å². The third-order valence-electron chi connectivity index (χ3n) is 4.90. The van der Waals surface area contributed by atoms with Crippen LogP contribution in [0.3, 0.4) is 0 Å². The maximum atomic E-state index is 12.9. The Morgan fingerprint density at radius 3 is 2.66 bits per heavy atom. The Morgan fingerprint density at radius 1 is 0.969 bits per heavy atom. The average Bonchev–Trinajstić information content (AvgIpc) is 3.26. The molecule has 0 aliphatic heterocycles. The van der Waals surface area contributed by atoms with E-state index in [0.29, 0.717) is 28.7 Å². The van der Waals surface area contributed by atoms with Crippen LogP contribution in [0.15, 0.2) is 85.3 Å². The van der Waals surface area contributed by atoms with Crippen molar-refractivity contribution in [2.24, 2.45) is 0 Å². The molecule has 0 saturated carbocycles. The molecule has 0 bridgehead atoms. The van der Waals surface area contributed by atoms with Crippen LogP contribution in [0.5, 0.6) is 11.6 Å². The fourth-order valence-corrected chi connectivity index (χ4v) is 3.29. The number of rotatable bonds is 5. The molecule has 3 aromatic heterocycles. The fourth-order valence-electron chi connectivity index (χ4n) is 3.29. The van der Waals surface area contributed by atoms with Crippen LogP contribution in [0.1, 0.15) is 10.5 Å². The smallest absolute Gasteiger partial charge is 0.276 e. The molecule has 2 aromatic carbocycles. The van der Waals surface area contributed by atoms with Gasteiger partial charge < -0.3 is 15.8 Å². The second kappa shape index (κ2) is 8.19. The molecule has 3 heterocycles. The summed E-state index contributed by atoms with van der Waals surface area (Å²) in [7, 11) is 0. The van der Waals surface area contributed by atoms with Gasteiger partial charge in [-0.2, -0.15) is 5.10 Å². The highest BCUT2D eigenvalue weighted by atomic mass is 16.5. The minimum absolute atomic E-state index is 0.295. The van der Waals surface area contributed by atoms with Crippen LogP contribution in [0.25, 0.3) is 22.0 Å². The summed E-state index contributed by atoms with van der Waals surface area (Å²) in [6, 6.07) is 20.1. The second-order valence-electron chi connectivity index (χ2n) is 7.05. The number of fused-ring (bicyclic) bond motifs is 1. The fraction of sp³-hybridized carbons (Fsp3) is 0. The number of para-hydroxylation sites is 2. The van der Waals surface area contributed by atoms with Crippen LogP contribution in [-0.2, 0) is 0 Å². The lowest BCUT2D eigenvalue weighted by atomic mass is 10.0. The first-order valence-electron chi connectivity index (χ1n) is 9.86. The van der Waals surface area contributed by atoms with E-state index < -0.39 is 0 Å². The number of pyridine rings is 2. The number of aromatic nitrogens is 4. The van der Waals surface area contributed by atoms with Crippen LogP contribution in [0.2, 0.25) is 0 Å². The van der Waals surface area contributed by atoms with E-state index in [1.807, 2.05) is 42.5 Å². The summed E-state index contributed by atoms with van der Waals surface area (Å²) in [5.41, 5.74) is 9.89. The highest BCUT2D eigenvalue weighted by molar-refractivity contribution is 6.11. The van der Waals surface area contributed by atoms with E-state index >= 15 is 0 Å². The molecule has 0 aliphatic rings. The van der Waals surface area contributed by atoms with Gasteiger partial charge in [0.25, 0.3) is 5.91 Å². The van der Waals surface area contributed by atoms with Gasteiger partial charge in [0.2, 0.25) is 5.88 Å². The van der Waals surface area contributed by atoms with Gasteiger partial charge in [0.05, 0.1) is 23.1 Å². The summed E-state index contributed by atoms with van der Waals surface area (Å²) in [6.07, 6.45) is 5.01. The number of nitrogen functional groups attached to an aromatic ring is 1. The predicted octanol–water partition coefficient (Wildman–Crippen LogP) is 4.65. The molecule has 0 aliphatic carbocycles. The van der Waals surface area contributed by atoms with Gasteiger partial charge in [0, 0.05) is 29.4 Å². The number of carbonyl (C=O) groups excluding carboxylic acids is 1. The van der Waals surface area contributed by atoms with Gasteiger partial charge in [-0.15, -0.1) is 0 Å². The monoisotopic (exact) mass is 422 g/mol. The third-order valence-corrected chi connectivity index (χ3v) is 4.90. The van der Waals surface area contributed by atoms with Crippen LogP contribution >= 0.6 is 0 Å². The van der Waals surface area contributed by atoms with E-state index in [2.05, 4.69) is 25.5 Å². The zero-order valence-electron chi connectivity index (χ0n) is 16.8. The number of nitrogens with two attached hydrogens (primary N) is 1. The second-order valence-corrected chi connectivity index (χ2v) is 7.05. The van der Waals surface area contributed by atoms with E-state index in [-0.39, 0.29) is 5.91 Å². The zero-order chi connectivity index (χ0) is 21.9. The Balaban J connectivity index is 1.35. The number of benzene rings is 2. The van der Waals surface area contributed by atoms with Crippen LogP contribution < -0.4 is 15.8 Å². The van der Waals surface area contributed by atoms with Gasteiger partial charge >= 0.3 is 0 Å². The summed E-state index contributed by atoms with van der Waals surface area (Å²) < 4.78 is 5.68. The molecule has 5 rings (SSSR count). The van der Waals surface area contributed by atoms with Gasteiger partial charge in [-0.1, -0.05) is 24.3 Å². The normalized spacial score (nSPS) is 10.8. The summed E-state index contributed by atoms with van der Waals surface area (Å²) >= 11 is 0. The summed E-state index contributed by atoms with van der Waals surface area (Å²) in [5.74, 6) is 0.541. The number of nitrogens with zero attached hydrogens (tertiary/aromatic N) is 3. The van der Waals surface area contributed by atoms with E-state index in [1.165, 1.54) is 6.20 Å². The van der Waals surface area contributed by atoms with Crippen molar-refractivity contribution in [1.82, 2.24) is 20.2 Å². The number of ether oxygens (including phenoxy) is 1. The molecule has 0 saturated heterocycles. The average molecular weight is 422 g/mol. The molecule has 0 atom stereocenters. The number of hydrogen-bond donors (Lipinski definition) is 3. The van der Waals surface area contributed by atoms with Gasteiger partial charge in [-0.25, -0.2) is 4.98 Å². The van der Waals surface area contributed by atoms with E-state index in [1.54, 1.807) is 36.7 Å². The van der Waals surface area contributed by atoms with E-state index in [4.69, 9.17) is 10.5 Å². The van der Waals surface area contributed by atoms with Crippen molar-refractivity contribution in [1.29, 1.82) is 0 Å². The lowest BCUT2D eigenvalue weighted by Crippen LogP contribution is -2.13. The largest absolute Gasteiger partial charge is 0.437 e. The number of amides is 1. The topological polar surface area (TPSA) is 119 Å². The van der Waals surface area contributed by atoms with Gasteiger partial charge in [0.1, 0.15) is 0 Å². The molecule has 32 heavy (non-hydrogen) atoms. The molecule has 0 spiro atoms. The molecule has 0 fully saturated rings. The molecule has 0 radical (unpaired) electrons. The van der Waals surface area contributed by atoms with Crippen molar-refractivity contribution in [2.45, 2.75) is 0 Å². The number of H-pyrrole nitrogens is 1. The standard InChI is InChI=1S/C24H18N6O2/c25-19-5-1-2-6-21(19)32-22-10-8-17(14-27-22)28-24(31)23-18-12-15(7-9-20(18)29-30-23)16-4-3-11-26-13-16/h1-14H,25H2,(H,28,31)(H,29,30). The molecule has 0 unspecified atom stereocenters. The Morgan fingerprint density at radius 2 is 1.88 bits per heavy atom. The zero-order valence-corrected chi connectivity index (χ0v) is 16.8. The SMILES string of the molecule is Nc1ccccc1Oc1ccc(NC(=O)c2n[nH]c3ccc(-c4cccnc4)cc23)cn1. The first-order valence-corrected chi connectivity index (χ1v) is 9.86. The third kappa shape index (κ3) is 3.84. The van der Waals surface area contributed by atoms with Crippen molar-refractivity contribution in [3.63, 3.8) is 0 Å². The number of nitrogens with one attached hydrogen (secondary N) is 2. The number of hydrogen-bond acceptors (Lipinski definition) is 6. The highest BCUT2D eigenvalue weighted by Gasteiger charge is 2.15. The highest BCUT2D eigenvalue weighted by Crippen LogP contribution is 2.27. The lowest BCUT2D eigenvalue weighted by molar-refractivity contribution is 0.102. The maximum absolute atomic E-state index is 12.9. The Labute approximate surface area is 183 Å². The van der Waals surface area contributed by atoms with E-state index in [0.717, 1.165) is 22.0 Å². The van der Waals surface area contributed by atoms with Crippen molar-refractivity contribution in [2.75, 3.05) is 11.1 Å². The number of carbonyl (C=O) groups is 1. The van der Waals surface area contributed by atoms with Crippen LogP contribution in [0.4, 0.5) is 11.4 Å². The van der Waals surface area contributed by atoms with Gasteiger partial charge in [-0.05, 0) is 42.0 Å². The number of aromatic amines is 1. The van der Waals surface area contributed by atoms with Gasteiger partial charge in [0.15, 0.2) is 11.4 Å². The van der Waals surface area contributed by atoms with Crippen LogP contribution in [-0.4, -0.2) is 26.1 Å². The first-order chi connectivity index (χ1) is 15.7. The maximum Gasteiger partial charge on any atom is 0.276 e. The molecule has 1 amide bonds. The predicted molar refractivity (Wildman–Crippen MR) is 122 cm³/mol. The molecule has 8 nitrogen and oxygen atoms in total. The van der Waals surface area contributed by atoms with Gasteiger partial charge in [-0.3, -0.25) is 14.9 Å². The first kappa shape index (κ1) is 19.3. The van der Waals surface area contributed by atoms with Crippen molar-refractivity contribution in [3.05, 3.63) is 91.0 Å². The Hall–Kier alpha value is -4.72.